The van der Waals surface area contributed by atoms with Gasteiger partial charge in [-0.05, 0) is 30.5 Å². The van der Waals surface area contributed by atoms with E-state index in [4.69, 9.17) is 4.74 Å². The van der Waals surface area contributed by atoms with E-state index in [1.165, 1.54) is 11.3 Å². The molecule has 0 aliphatic carbocycles. The van der Waals surface area contributed by atoms with Crippen molar-refractivity contribution in [3.05, 3.63) is 40.8 Å². The zero-order chi connectivity index (χ0) is 16.7. The molecule has 1 N–H and O–H groups in total. The van der Waals surface area contributed by atoms with E-state index in [1.54, 1.807) is 24.3 Å². The Balaban J connectivity index is 1.61. The number of fused-ring (bicyclic) bond motifs is 3. The summed E-state index contributed by atoms with van der Waals surface area (Å²) in [5.74, 6) is -0.214. The molecule has 126 valence electrons. The molecule has 1 atom stereocenters. The van der Waals surface area contributed by atoms with Crippen LogP contribution in [0.15, 0.2) is 35.2 Å². The molecule has 1 aromatic carbocycles. The van der Waals surface area contributed by atoms with Crippen LogP contribution >= 0.6 is 11.3 Å². The van der Waals surface area contributed by atoms with Gasteiger partial charge < -0.3 is 10.1 Å². The summed E-state index contributed by atoms with van der Waals surface area (Å²) in [6.45, 7) is 1.25. The molecular weight excluding hydrogens is 346 g/mol. The van der Waals surface area contributed by atoms with Gasteiger partial charge in [-0.1, -0.05) is 18.2 Å². The predicted octanol–water partition coefficient (Wildman–Crippen LogP) is 2.61. The number of rotatable bonds is 3. The van der Waals surface area contributed by atoms with Gasteiger partial charge in [0, 0.05) is 23.6 Å². The summed E-state index contributed by atoms with van der Waals surface area (Å²) in [6.07, 6.45) is 2.08. The first-order valence-electron chi connectivity index (χ1n) is 7.89. The molecule has 7 heteroatoms. The number of hydrogen-bond donors (Lipinski definition) is 1. The molecule has 1 unspecified atom stereocenters. The smallest absolute Gasteiger partial charge is 0.261 e. The Kier molecular flexibility index (Phi) is 3.94. The van der Waals surface area contributed by atoms with Gasteiger partial charge in [-0.15, -0.1) is 11.3 Å². The molecule has 1 saturated heterocycles. The molecule has 3 heterocycles. The fourth-order valence-electron chi connectivity index (χ4n) is 3.18. The van der Waals surface area contributed by atoms with Gasteiger partial charge in [0.1, 0.15) is 0 Å². The van der Waals surface area contributed by atoms with Crippen molar-refractivity contribution in [3.63, 3.8) is 0 Å². The van der Waals surface area contributed by atoms with Crippen molar-refractivity contribution in [1.82, 2.24) is 5.32 Å². The lowest BCUT2D eigenvalue weighted by Gasteiger charge is -2.15. The number of ether oxygens (including phenoxy) is 1. The minimum absolute atomic E-state index is 0.0468. The van der Waals surface area contributed by atoms with Crippen molar-refractivity contribution in [2.24, 2.45) is 0 Å². The van der Waals surface area contributed by atoms with Crippen molar-refractivity contribution in [2.75, 3.05) is 13.2 Å². The lowest BCUT2D eigenvalue weighted by Crippen LogP contribution is -2.31. The summed E-state index contributed by atoms with van der Waals surface area (Å²) in [5, 5.41) is 2.89. The number of thiophene rings is 1. The van der Waals surface area contributed by atoms with E-state index >= 15 is 0 Å². The highest BCUT2D eigenvalue weighted by Gasteiger charge is 2.30. The maximum Gasteiger partial charge on any atom is 0.261 e. The van der Waals surface area contributed by atoms with E-state index in [0.29, 0.717) is 27.4 Å². The second-order valence-corrected chi connectivity index (χ2v) is 9.08. The normalized spacial score (nSPS) is 21.1. The third kappa shape index (κ3) is 2.76. The van der Waals surface area contributed by atoms with Crippen LogP contribution in [0.1, 0.15) is 28.1 Å². The lowest BCUT2D eigenvalue weighted by atomic mass is 10.1. The van der Waals surface area contributed by atoms with Crippen LogP contribution in [0.4, 0.5) is 0 Å². The van der Waals surface area contributed by atoms with E-state index in [-0.39, 0.29) is 17.8 Å². The van der Waals surface area contributed by atoms with Crippen LogP contribution in [-0.2, 0) is 20.3 Å². The number of nitrogens with one attached hydrogen (secondary N) is 1. The number of hydrogen-bond acceptors (Lipinski definition) is 5. The Morgan fingerprint density at radius 2 is 2.17 bits per heavy atom. The second kappa shape index (κ2) is 5.98. The molecule has 2 aliphatic rings. The average Bonchev–Trinajstić information content (AvgIpc) is 3.21. The van der Waals surface area contributed by atoms with Gasteiger partial charge >= 0.3 is 0 Å². The van der Waals surface area contributed by atoms with E-state index in [9.17, 15) is 13.2 Å². The molecule has 1 fully saturated rings. The Hall–Kier alpha value is -1.70. The summed E-state index contributed by atoms with van der Waals surface area (Å²) in [6, 6.07) is 8.68. The fraction of sp³-hybridized carbons (Fsp3) is 0.353. The van der Waals surface area contributed by atoms with E-state index in [2.05, 4.69) is 5.32 Å². The van der Waals surface area contributed by atoms with Gasteiger partial charge in [0.2, 0.25) is 0 Å². The molecule has 24 heavy (non-hydrogen) atoms. The van der Waals surface area contributed by atoms with Crippen LogP contribution in [-0.4, -0.2) is 33.6 Å². The number of carbonyl (C=O) groups excluding carboxylic acids is 1. The van der Waals surface area contributed by atoms with Crippen LogP contribution in [0.25, 0.3) is 10.4 Å². The highest BCUT2D eigenvalue weighted by molar-refractivity contribution is 7.91. The van der Waals surface area contributed by atoms with Gasteiger partial charge in [-0.3, -0.25) is 4.79 Å². The lowest BCUT2D eigenvalue weighted by molar-refractivity contribution is 0.0861. The molecule has 1 amide bonds. The largest absolute Gasteiger partial charge is 0.376 e. The van der Waals surface area contributed by atoms with Gasteiger partial charge in [-0.25, -0.2) is 8.42 Å². The monoisotopic (exact) mass is 363 g/mol. The van der Waals surface area contributed by atoms with Gasteiger partial charge in [0.25, 0.3) is 5.91 Å². The standard InChI is InChI=1S/C17H17NO4S2/c19-17(18-9-12-4-3-7-22-12)14-8-11-10-24(20,21)15-6-2-1-5-13(15)16(11)23-14/h1-2,5-6,8,12H,3-4,7,9-10H2,(H,18,19). The van der Waals surface area contributed by atoms with Crippen molar-refractivity contribution in [2.45, 2.75) is 29.6 Å². The molecular formula is C17H17NO4S2. The topological polar surface area (TPSA) is 72.5 Å². The quantitative estimate of drug-likeness (QED) is 0.910. The third-order valence-electron chi connectivity index (χ3n) is 4.36. The summed E-state index contributed by atoms with van der Waals surface area (Å²) in [5.41, 5.74) is 1.41. The molecule has 1 aromatic heterocycles. The van der Waals surface area contributed by atoms with Crippen molar-refractivity contribution in [3.8, 4) is 10.4 Å². The molecule has 4 rings (SSSR count). The number of benzene rings is 1. The van der Waals surface area contributed by atoms with Crippen molar-refractivity contribution in [1.29, 1.82) is 0 Å². The van der Waals surface area contributed by atoms with Crippen LogP contribution in [0, 0.1) is 0 Å². The van der Waals surface area contributed by atoms with Crippen LogP contribution in [0.2, 0.25) is 0 Å². The first-order chi connectivity index (χ1) is 11.5. The molecule has 0 radical (unpaired) electrons. The Labute approximate surface area is 144 Å². The SMILES string of the molecule is O=C(NCC1CCCO1)c1cc2c(s1)-c1ccccc1S(=O)(=O)C2. The van der Waals surface area contributed by atoms with E-state index in [1.807, 2.05) is 6.07 Å². The average molecular weight is 363 g/mol. The van der Waals surface area contributed by atoms with Gasteiger partial charge in [-0.2, -0.15) is 0 Å². The summed E-state index contributed by atoms with van der Waals surface area (Å²) >= 11 is 1.35. The summed E-state index contributed by atoms with van der Waals surface area (Å²) < 4.78 is 30.3. The highest BCUT2D eigenvalue weighted by atomic mass is 32.2. The Bertz CT molecular complexity index is 895. The zero-order valence-electron chi connectivity index (χ0n) is 12.9. The summed E-state index contributed by atoms with van der Waals surface area (Å²) in [4.78, 5) is 14.2. The van der Waals surface area contributed by atoms with Gasteiger partial charge in [0.15, 0.2) is 9.84 Å². The first kappa shape index (κ1) is 15.8. The second-order valence-electron chi connectivity index (χ2n) is 6.07. The van der Waals surface area contributed by atoms with E-state index in [0.717, 1.165) is 24.3 Å². The third-order valence-corrected chi connectivity index (χ3v) is 7.29. The molecule has 2 aromatic rings. The molecule has 2 aliphatic heterocycles. The van der Waals surface area contributed by atoms with Crippen LogP contribution in [0.3, 0.4) is 0 Å². The van der Waals surface area contributed by atoms with Crippen molar-refractivity contribution >= 4 is 27.1 Å². The number of sulfone groups is 1. The maximum absolute atomic E-state index is 12.4. The van der Waals surface area contributed by atoms with Crippen molar-refractivity contribution < 1.29 is 17.9 Å². The number of amides is 1. The van der Waals surface area contributed by atoms with Crippen LogP contribution in [0.5, 0.6) is 0 Å². The summed E-state index contributed by atoms with van der Waals surface area (Å²) in [7, 11) is -3.34. The first-order valence-corrected chi connectivity index (χ1v) is 10.4. The van der Waals surface area contributed by atoms with E-state index < -0.39 is 9.84 Å². The fourth-order valence-corrected chi connectivity index (χ4v) is 6.06. The van der Waals surface area contributed by atoms with Crippen LogP contribution < -0.4 is 5.32 Å². The minimum Gasteiger partial charge on any atom is -0.376 e. The maximum atomic E-state index is 12.4. The minimum atomic E-state index is -3.34. The number of carbonyl (C=O) groups is 1. The van der Waals surface area contributed by atoms with Gasteiger partial charge in [0.05, 0.1) is 21.6 Å². The zero-order valence-corrected chi connectivity index (χ0v) is 14.6. The molecule has 0 bridgehead atoms. The Morgan fingerprint density at radius 1 is 1.33 bits per heavy atom. The molecule has 5 nitrogen and oxygen atoms in total. The molecule has 0 saturated carbocycles. The molecule has 0 spiro atoms. The Morgan fingerprint density at radius 3 is 2.96 bits per heavy atom. The predicted molar refractivity (Wildman–Crippen MR) is 92.0 cm³/mol. The highest BCUT2D eigenvalue weighted by Crippen LogP contribution is 2.42.